The van der Waals surface area contributed by atoms with E-state index in [1.54, 1.807) is 0 Å². The van der Waals surface area contributed by atoms with Crippen molar-refractivity contribution in [3.05, 3.63) is 10.8 Å². The summed E-state index contributed by atoms with van der Waals surface area (Å²) in [5, 5.41) is 0. The maximum atomic E-state index is 5.32. The number of hydrogen-bond acceptors (Lipinski definition) is 4. The molecule has 0 radical (unpaired) electrons. The molecule has 1 aromatic rings. The SMILES string of the molecule is CC.Nc1cc(N)[nH]c(=S)n1. The summed E-state index contributed by atoms with van der Waals surface area (Å²) in [7, 11) is 0. The van der Waals surface area contributed by atoms with Crippen LogP contribution in [0.15, 0.2) is 6.07 Å². The van der Waals surface area contributed by atoms with Crippen molar-refractivity contribution in [2.45, 2.75) is 13.8 Å². The maximum absolute atomic E-state index is 5.32. The van der Waals surface area contributed by atoms with E-state index in [-0.39, 0.29) is 0 Å². The molecule has 0 aliphatic carbocycles. The summed E-state index contributed by atoms with van der Waals surface area (Å²) in [5.41, 5.74) is 10.6. The molecule has 5 N–H and O–H groups in total. The van der Waals surface area contributed by atoms with Gasteiger partial charge in [0.1, 0.15) is 11.6 Å². The number of aromatic amines is 1. The Labute approximate surface area is 70.6 Å². The smallest absolute Gasteiger partial charge is 0.200 e. The van der Waals surface area contributed by atoms with E-state index in [1.165, 1.54) is 6.07 Å². The number of nitrogen functional groups attached to an aromatic ring is 2. The zero-order valence-electron chi connectivity index (χ0n) is 6.59. The summed E-state index contributed by atoms with van der Waals surface area (Å²) in [6, 6.07) is 1.51. The average Bonchev–Trinajstić information content (AvgIpc) is 1.88. The fourth-order valence-corrected chi connectivity index (χ4v) is 0.720. The van der Waals surface area contributed by atoms with Crippen molar-refractivity contribution < 1.29 is 0 Å². The van der Waals surface area contributed by atoms with Crippen LogP contribution in [0.5, 0.6) is 0 Å². The Kier molecular flexibility index (Phi) is 4.21. The molecule has 0 fully saturated rings. The Hall–Kier alpha value is -1.10. The number of rotatable bonds is 0. The first-order chi connectivity index (χ1) is 5.18. The van der Waals surface area contributed by atoms with E-state index < -0.39 is 0 Å². The zero-order chi connectivity index (χ0) is 8.85. The first kappa shape index (κ1) is 9.90. The van der Waals surface area contributed by atoms with Crippen LogP contribution >= 0.6 is 12.2 Å². The van der Waals surface area contributed by atoms with E-state index in [9.17, 15) is 0 Å². The molecule has 1 heterocycles. The maximum Gasteiger partial charge on any atom is 0.200 e. The molecule has 0 aliphatic heterocycles. The summed E-state index contributed by atoms with van der Waals surface area (Å²) < 4.78 is 0.313. The Morgan fingerprint density at radius 3 is 2.36 bits per heavy atom. The first-order valence-electron chi connectivity index (χ1n) is 3.31. The summed E-state index contributed by atoms with van der Waals surface area (Å²) in [6.07, 6.45) is 0. The molecule has 0 bridgehead atoms. The van der Waals surface area contributed by atoms with Crippen molar-refractivity contribution in [2.24, 2.45) is 0 Å². The molecule has 0 saturated carbocycles. The third kappa shape index (κ3) is 3.57. The van der Waals surface area contributed by atoms with Crippen LogP contribution in [-0.2, 0) is 0 Å². The molecular weight excluding hydrogens is 160 g/mol. The zero-order valence-corrected chi connectivity index (χ0v) is 7.40. The molecular formula is C6H12N4S. The summed E-state index contributed by atoms with van der Waals surface area (Å²) >= 11 is 4.66. The van der Waals surface area contributed by atoms with Crippen LogP contribution in [0.4, 0.5) is 11.6 Å². The van der Waals surface area contributed by atoms with Gasteiger partial charge in [0, 0.05) is 6.07 Å². The van der Waals surface area contributed by atoms with Crippen LogP contribution < -0.4 is 11.5 Å². The Morgan fingerprint density at radius 1 is 1.45 bits per heavy atom. The molecule has 62 valence electrons. The molecule has 1 aromatic heterocycles. The summed E-state index contributed by atoms with van der Waals surface area (Å²) in [5.74, 6) is 0.781. The lowest BCUT2D eigenvalue weighted by Gasteiger charge is -1.92. The molecule has 4 nitrogen and oxygen atoms in total. The summed E-state index contributed by atoms with van der Waals surface area (Å²) in [6.45, 7) is 4.00. The van der Waals surface area contributed by atoms with Crippen molar-refractivity contribution in [3.63, 3.8) is 0 Å². The predicted molar refractivity (Wildman–Crippen MR) is 49.6 cm³/mol. The van der Waals surface area contributed by atoms with Gasteiger partial charge in [0.05, 0.1) is 0 Å². The van der Waals surface area contributed by atoms with Crippen molar-refractivity contribution in [1.82, 2.24) is 9.97 Å². The van der Waals surface area contributed by atoms with Gasteiger partial charge in [-0.25, -0.2) is 4.98 Å². The molecule has 0 spiro atoms. The van der Waals surface area contributed by atoms with E-state index >= 15 is 0 Å². The van der Waals surface area contributed by atoms with Crippen molar-refractivity contribution in [1.29, 1.82) is 0 Å². The highest BCUT2D eigenvalue weighted by Gasteiger charge is 1.87. The number of aromatic nitrogens is 2. The van der Waals surface area contributed by atoms with E-state index in [0.717, 1.165) is 0 Å². The lowest BCUT2D eigenvalue weighted by Crippen LogP contribution is -1.96. The normalized spacial score (nSPS) is 8.18. The van der Waals surface area contributed by atoms with Gasteiger partial charge in [-0.1, -0.05) is 13.8 Å². The Balaban J connectivity index is 0.000000461. The number of anilines is 2. The Morgan fingerprint density at radius 2 is 2.00 bits per heavy atom. The number of H-pyrrole nitrogens is 1. The monoisotopic (exact) mass is 172 g/mol. The molecule has 0 aromatic carbocycles. The van der Waals surface area contributed by atoms with Crippen LogP contribution in [0.1, 0.15) is 13.8 Å². The minimum Gasteiger partial charge on any atom is -0.385 e. The third-order valence-electron chi connectivity index (χ3n) is 0.785. The van der Waals surface area contributed by atoms with Gasteiger partial charge in [-0.15, -0.1) is 0 Å². The highest BCUT2D eigenvalue weighted by atomic mass is 32.1. The second-order valence-electron chi connectivity index (χ2n) is 1.57. The number of nitrogens with zero attached hydrogens (tertiary/aromatic N) is 1. The highest BCUT2D eigenvalue weighted by molar-refractivity contribution is 7.71. The number of hydrogen-bond donors (Lipinski definition) is 3. The van der Waals surface area contributed by atoms with E-state index in [4.69, 9.17) is 11.5 Å². The van der Waals surface area contributed by atoms with E-state index in [1.807, 2.05) is 13.8 Å². The Bertz CT molecular complexity index is 244. The van der Waals surface area contributed by atoms with Gasteiger partial charge in [-0.2, -0.15) is 0 Å². The second kappa shape index (κ2) is 4.68. The van der Waals surface area contributed by atoms with Gasteiger partial charge in [0.15, 0.2) is 4.77 Å². The van der Waals surface area contributed by atoms with Crippen LogP contribution in [0.3, 0.4) is 0 Å². The average molecular weight is 172 g/mol. The largest absolute Gasteiger partial charge is 0.385 e. The molecule has 1 rings (SSSR count). The van der Waals surface area contributed by atoms with Crippen molar-refractivity contribution >= 4 is 23.9 Å². The quantitative estimate of drug-likeness (QED) is 0.516. The lowest BCUT2D eigenvalue weighted by atomic mass is 10.5. The molecule has 0 aliphatic rings. The molecule has 0 saturated heterocycles. The summed E-state index contributed by atoms with van der Waals surface area (Å²) in [4.78, 5) is 6.30. The number of nitrogens with one attached hydrogen (secondary N) is 1. The van der Waals surface area contributed by atoms with Gasteiger partial charge in [-0.05, 0) is 12.2 Å². The molecule has 11 heavy (non-hydrogen) atoms. The van der Waals surface area contributed by atoms with Crippen LogP contribution in [-0.4, -0.2) is 9.97 Å². The van der Waals surface area contributed by atoms with Gasteiger partial charge >= 0.3 is 0 Å². The lowest BCUT2D eigenvalue weighted by molar-refractivity contribution is 1.15. The molecule has 5 heteroatoms. The highest BCUT2D eigenvalue weighted by Crippen LogP contribution is 1.99. The van der Waals surface area contributed by atoms with Gasteiger partial charge in [0.2, 0.25) is 0 Å². The fraction of sp³-hybridized carbons (Fsp3) is 0.333. The van der Waals surface area contributed by atoms with Crippen LogP contribution in [0.2, 0.25) is 0 Å². The van der Waals surface area contributed by atoms with Crippen LogP contribution in [0.25, 0.3) is 0 Å². The van der Waals surface area contributed by atoms with Gasteiger partial charge in [-0.3, -0.25) is 0 Å². The standard InChI is InChI=1S/C4H6N4S.C2H6/c5-2-1-3(6)8-4(9)7-2;1-2/h1H,(H5,5,6,7,8,9);1-2H3. The van der Waals surface area contributed by atoms with Crippen LogP contribution in [0, 0.1) is 4.77 Å². The van der Waals surface area contributed by atoms with Gasteiger partial charge < -0.3 is 16.5 Å². The minimum absolute atomic E-state index is 0.313. The van der Waals surface area contributed by atoms with Crippen molar-refractivity contribution in [2.75, 3.05) is 11.5 Å². The second-order valence-corrected chi connectivity index (χ2v) is 1.95. The minimum atomic E-state index is 0.313. The topological polar surface area (TPSA) is 80.7 Å². The molecule has 0 unspecified atom stereocenters. The number of nitrogens with two attached hydrogens (primary N) is 2. The van der Waals surface area contributed by atoms with E-state index in [0.29, 0.717) is 16.4 Å². The first-order valence-corrected chi connectivity index (χ1v) is 3.71. The van der Waals surface area contributed by atoms with E-state index in [2.05, 4.69) is 22.2 Å². The third-order valence-corrected chi connectivity index (χ3v) is 0.979. The molecule has 0 atom stereocenters. The van der Waals surface area contributed by atoms with Crippen molar-refractivity contribution in [3.8, 4) is 0 Å². The predicted octanol–water partition coefficient (Wildman–Crippen LogP) is 1.33. The molecule has 0 amide bonds. The van der Waals surface area contributed by atoms with Gasteiger partial charge in [0.25, 0.3) is 0 Å². The fourth-order valence-electron chi connectivity index (χ4n) is 0.496.